The third kappa shape index (κ3) is 1.94. The minimum atomic E-state index is -0.577. The van der Waals surface area contributed by atoms with Crippen LogP contribution in [-0.2, 0) is 6.42 Å². The Bertz CT molecular complexity index is 840. The average molecular weight is 275 g/mol. The Labute approximate surface area is 112 Å². The first kappa shape index (κ1) is 12.4. The van der Waals surface area contributed by atoms with Crippen LogP contribution in [0.5, 0.6) is 0 Å². The fourth-order valence-corrected chi connectivity index (χ4v) is 2.13. The highest BCUT2D eigenvalue weighted by Crippen LogP contribution is 2.18. The summed E-state index contributed by atoms with van der Waals surface area (Å²) in [4.78, 5) is 32.4. The van der Waals surface area contributed by atoms with Crippen molar-refractivity contribution in [3.8, 4) is 5.88 Å². The lowest BCUT2D eigenvalue weighted by molar-refractivity contribution is 0.405. The molecule has 0 saturated heterocycles. The molecule has 0 aliphatic rings. The summed E-state index contributed by atoms with van der Waals surface area (Å²) in [7, 11) is 0. The second kappa shape index (κ2) is 4.80. The molecule has 0 radical (unpaired) electrons. The van der Waals surface area contributed by atoms with Crippen LogP contribution < -0.4 is 11.2 Å². The predicted octanol–water partition coefficient (Wildman–Crippen LogP) is 0.733. The van der Waals surface area contributed by atoms with E-state index in [-0.39, 0.29) is 11.2 Å². The van der Waals surface area contributed by atoms with Gasteiger partial charge in [0.2, 0.25) is 5.88 Å². The molecule has 3 rings (SSSR count). The number of H-pyrrole nitrogens is 2. The molecule has 0 aliphatic carbocycles. The van der Waals surface area contributed by atoms with Crippen LogP contribution in [0.4, 0.5) is 0 Å². The van der Waals surface area contributed by atoms with Gasteiger partial charge in [-0.05, 0) is 6.42 Å². The first-order valence-corrected chi connectivity index (χ1v) is 6.35. The fraction of sp³-hybridized carbons (Fsp3) is 0.333. The van der Waals surface area contributed by atoms with Gasteiger partial charge in [0.05, 0.1) is 6.20 Å². The lowest BCUT2D eigenvalue weighted by atomic mass is 10.2. The number of fused-ring (bicyclic) bond motifs is 1. The third-order valence-corrected chi connectivity index (χ3v) is 3.02. The van der Waals surface area contributed by atoms with Gasteiger partial charge in [0.25, 0.3) is 5.56 Å². The van der Waals surface area contributed by atoms with Crippen LogP contribution in [0.3, 0.4) is 0 Å². The van der Waals surface area contributed by atoms with E-state index in [2.05, 4.69) is 27.0 Å². The molecule has 0 amide bonds. The van der Waals surface area contributed by atoms with Crippen LogP contribution in [0.1, 0.15) is 25.6 Å². The smallest absolute Gasteiger partial charge is 0.327 e. The molecule has 0 aromatic carbocycles. The topological polar surface area (TPSA) is 110 Å². The van der Waals surface area contributed by atoms with E-state index >= 15 is 0 Å². The molecule has 2 N–H and O–H groups in total. The summed E-state index contributed by atoms with van der Waals surface area (Å²) in [5.41, 5.74) is -0.573. The molecule has 104 valence electrons. The Hall–Kier alpha value is -2.64. The summed E-state index contributed by atoms with van der Waals surface area (Å²) in [6.45, 7) is 2.07. The third-order valence-electron chi connectivity index (χ3n) is 3.02. The van der Waals surface area contributed by atoms with E-state index in [1.165, 1.54) is 6.20 Å². The van der Waals surface area contributed by atoms with Gasteiger partial charge in [0.15, 0.2) is 11.2 Å². The molecule has 8 nitrogen and oxygen atoms in total. The number of unbranched alkanes of at least 4 members (excludes halogenated alkanes) is 1. The van der Waals surface area contributed by atoms with E-state index in [4.69, 9.17) is 4.52 Å². The molecular weight excluding hydrogens is 262 g/mol. The normalized spacial score (nSPS) is 11.2. The van der Waals surface area contributed by atoms with Crippen molar-refractivity contribution in [2.24, 2.45) is 0 Å². The van der Waals surface area contributed by atoms with Gasteiger partial charge in [0, 0.05) is 12.5 Å². The van der Waals surface area contributed by atoms with Crippen molar-refractivity contribution in [3.63, 3.8) is 0 Å². The van der Waals surface area contributed by atoms with E-state index in [1.54, 1.807) is 10.6 Å². The molecule has 0 spiro atoms. The van der Waals surface area contributed by atoms with E-state index in [1.807, 2.05) is 0 Å². The molecule has 0 aliphatic heterocycles. The summed E-state index contributed by atoms with van der Waals surface area (Å²) < 4.78 is 6.71. The van der Waals surface area contributed by atoms with Crippen molar-refractivity contribution in [3.05, 3.63) is 38.9 Å². The maximum absolute atomic E-state index is 12.0. The van der Waals surface area contributed by atoms with Crippen molar-refractivity contribution in [1.82, 2.24) is 24.7 Å². The molecule has 0 unspecified atom stereocenters. The highest BCUT2D eigenvalue weighted by atomic mass is 16.5. The van der Waals surface area contributed by atoms with E-state index < -0.39 is 11.2 Å². The first-order valence-electron chi connectivity index (χ1n) is 6.35. The van der Waals surface area contributed by atoms with Crippen LogP contribution in [0.15, 0.2) is 26.4 Å². The number of aromatic nitrogens is 5. The number of aryl methyl sites for hydroxylation is 1. The van der Waals surface area contributed by atoms with Crippen molar-refractivity contribution >= 4 is 11.2 Å². The molecule has 3 heterocycles. The molecule has 20 heavy (non-hydrogen) atoms. The molecular formula is C12H13N5O3. The molecule has 0 fully saturated rings. The van der Waals surface area contributed by atoms with Crippen LogP contribution in [0, 0.1) is 0 Å². The predicted molar refractivity (Wildman–Crippen MR) is 71.0 cm³/mol. The van der Waals surface area contributed by atoms with Gasteiger partial charge in [-0.2, -0.15) is 0 Å². The highest BCUT2D eigenvalue weighted by molar-refractivity contribution is 5.72. The van der Waals surface area contributed by atoms with Crippen molar-refractivity contribution in [2.75, 3.05) is 0 Å². The van der Waals surface area contributed by atoms with Gasteiger partial charge in [-0.3, -0.25) is 19.3 Å². The van der Waals surface area contributed by atoms with Crippen LogP contribution in [0.2, 0.25) is 0 Å². The zero-order valence-corrected chi connectivity index (χ0v) is 10.8. The number of hydrogen-bond acceptors (Lipinski definition) is 5. The maximum atomic E-state index is 12.0. The molecule has 3 aromatic rings. The summed E-state index contributed by atoms with van der Waals surface area (Å²) in [5, 5.41) is 3.65. The second-order valence-electron chi connectivity index (χ2n) is 4.42. The fourth-order valence-electron chi connectivity index (χ4n) is 2.13. The molecule has 8 heteroatoms. The molecule has 0 saturated carbocycles. The number of aromatic amines is 2. The number of imidazole rings is 1. The van der Waals surface area contributed by atoms with Gasteiger partial charge in [0.1, 0.15) is 5.82 Å². The zero-order chi connectivity index (χ0) is 14.1. The van der Waals surface area contributed by atoms with Gasteiger partial charge < -0.3 is 4.52 Å². The molecule has 0 bridgehead atoms. The van der Waals surface area contributed by atoms with E-state index in [9.17, 15) is 9.59 Å². The Morgan fingerprint density at radius 2 is 2.20 bits per heavy atom. The van der Waals surface area contributed by atoms with Gasteiger partial charge in [-0.1, -0.05) is 18.5 Å². The van der Waals surface area contributed by atoms with Crippen molar-refractivity contribution < 1.29 is 4.52 Å². The quantitative estimate of drug-likeness (QED) is 0.729. The van der Waals surface area contributed by atoms with Crippen molar-refractivity contribution in [2.45, 2.75) is 26.2 Å². The maximum Gasteiger partial charge on any atom is 0.327 e. The lowest BCUT2D eigenvalue weighted by Gasteiger charge is -2.03. The van der Waals surface area contributed by atoms with Gasteiger partial charge >= 0.3 is 5.69 Å². The Balaban J connectivity index is 2.32. The van der Waals surface area contributed by atoms with E-state index in [0.717, 1.165) is 12.8 Å². The van der Waals surface area contributed by atoms with Crippen molar-refractivity contribution in [1.29, 1.82) is 0 Å². The zero-order valence-electron chi connectivity index (χ0n) is 10.8. The minimum Gasteiger partial charge on any atom is -0.338 e. The first-order chi connectivity index (χ1) is 9.70. The SMILES string of the molecule is CCCCc1nc2[nH]c(=O)[nH]c(=O)c2n1-c1ccno1. The molecule has 0 atom stereocenters. The number of nitrogens with zero attached hydrogens (tertiary/aromatic N) is 3. The Morgan fingerprint density at radius 1 is 1.35 bits per heavy atom. The largest absolute Gasteiger partial charge is 0.338 e. The summed E-state index contributed by atoms with van der Waals surface area (Å²) in [5.74, 6) is 1.06. The Morgan fingerprint density at radius 3 is 2.90 bits per heavy atom. The highest BCUT2D eigenvalue weighted by Gasteiger charge is 2.18. The second-order valence-corrected chi connectivity index (χ2v) is 4.42. The van der Waals surface area contributed by atoms with Crippen LogP contribution in [-0.4, -0.2) is 24.7 Å². The summed E-state index contributed by atoms with van der Waals surface area (Å²) in [6, 6.07) is 1.64. The van der Waals surface area contributed by atoms with Gasteiger partial charge in [-0.15, -0.1) is 0 Å². The average Bonchev–Trinajstić information content (AvgIpc) is 3.02. The van der Waals surface area contributed by atoms with Crippen LogP contribution in [0.25, 0.3) is 17.0 Å². The summed E-state index contributed by atoms with van der Waals surface area (Å²) in [6.07, 6.45) is 4.07. The minimum absolute atomic E-state index is 0.251. The standard InChI is InChI=1S/C12H13N5O3/c1-2-3-4-7-14-10-9(11(18)16-12(19)15-10)17(7)8-5-6-13-20-8/h5-6H,2-4H2,1H3,(H2,15,16,18,19). The van der Waals surface area contributed by atoms with Crippen LogP contribution >= 0.6 is 0 Å². The number of hydrogen-bond donors (Lipinski definition) is 2. The molecule has 3 aromatic heterocycles. The lowest BCUT2D eigenvalue weighted by Crippen LogP contribution is -2.23. The monoisotopic (exact) mass is 275 g/mol. The van der Waals surface area contributed by atoms with Gasteiger partial charge in [-0.25, -0.2) is 9.78 Å². The van der Waals surface area contributed by atoms with E-state index in [0.29, 0.717) is 18.1 Å². The number of nitrogens with one attached hydrogen (secondary N) is 2. The Kier molecular flexibility index (Phi) is 2.97. The summed E-state index contributed by atoms with van der Waals surface area (Å²) >= 11 is 0. The number of rotatable bonds is 4.